The molecule has 1 unspecified atom stereocenters. The first-order valence-electron chi connectivity index (χ1n) is 16.6. The third-order valence-electron chi connectivity index (χ3n) is 12.6. The molecule has 5 rings (SSSR count). The van der Waals surface area contributed by atoms with Gasteiger partial charge in [-0.05, 0) is 97.7 Å². The van der Waals surface area contributed by atoms with Crippen molar-refractivity contribution in [1.29, 1.82) is 5.26 Å². The highest BCUT2D eigenvalue weighted by Gasteiger charge is 2.59. The molecule has 1 amide bonds. The number of carbonyl (C=O) groups excluding carboxylic acids is 2. The van der Waals surface area contributed by atoms with Crippen LogP contribution >= 0.6 is 0 Å². The molecule has 3 saturated carbocycles. The Labute approximate surface area is 243 Å². The standard InChI is InChI=1S/C35H54N2O3/c1-23(2)8-6-9-24(3)28-12-13-29-27-11-10-25-22-26(16-18-34(25,4)30(27)17-19-35(28,29)5)40-33(39)31-14-15-32(38)37(31)21-7-20-36/h10,23-24,26-31H,6-9,11-19,21-22H2,1-5H3/t24-,26+,27+,28-,29+,30+,31?,34+,35-/m1/s1. The van der Waals surface area contributed by atoms with Gasteiger partial charge in [-0.25, -0.2) is 4.79 Å². The summed E-state index contributed by atoms with van der Waals surface area (Å²) in [6.45, 7) is 12.8. The summed E-state index contributed by atoms with van der Waals surface area (Å²) in [7, 11) is 0. The quantitative estimate of drug-likeness (QED) is 0.216. The molecule has 5 aliphatic rings. The number of carbonyl (C=O) groups is 2. The van der Waals surface area contributed by atoms with Crippen molar-refractivity contribution in [2.45, 2.75) is 137 Å². The van der Waals surface area contributed by atoms with Gasteiger partial charge in [-0.1, -0.05) is 65.5 Å². The van der Waals surface area contributed by atoms with Gasteiger partial charge >= 0.3 is 5.97 Å². The lowest BCUT2D eigenvalue weighted by molar-refractivity contribution is -0.159. The third kappa shape index (κ3) is 5.38. The predicted molar refractivity (Wildman–Crippen MR) is 158 cm³/mol. The summed E-state index contributed by atoms with van der Waals surface area (Å²) < 4.78 is 6.08. The Kier molecular flexibility index (Phi) is 8.76. The first-order valence-corrected chi connectivity index (χ1v) is 16.6. The van der Waals surface area contributed by atoms with Gasteiger partial charge in [0.15, 0.2) is 0 Å². The summed E-state index contributed by atoms with van der Waals surface area (Å²) in [5.74, 6) is 4.66. The Morgan fingerprint density at radius 3 is 2.65 bits per heavy atom. The highest BCUT2D eigenvalue weighted by atomic mass is 16.5. The predicted octanol–water partition coefficient (Wildman–Crippen LogP) is 7.84. The molecule has 1 saturated heterocycles. The normalized spacial score (nSPS) is 39.7. The maximum Gasteiger partial charge on any atom is 0.329 e. The zero-order valence-corrected chi connectivity index (χ0v) is 25.9. The number of esters is 1. The number of nitriles is 1. The summed E-state index contributed by atoms with van der Waals surface area (Å²) in [4.78, 5) is 27.0. The summed E-state index contributed by atoms with van der Waals surface area (Å²) in [5.41, 5.74) is 2.26. The molecule has 0 radical (unpaired) electrons. The SMILES string of the molecule is CC(C)CCC[C@@H](C)[C@H]1CC[C@H]2[C@@H]3CC=C4C[C@@H](OC(=O)C5CCC(=O)N5CCC#N)CC[C@]4(C)[C@H]3CC[C@]12C. The number of nitrogens with zero attached hydrogens (tertiary/aromatic N) is 2. The molecular weight excluding hydrogens is 496 g/mol. The number of hydrogen-bond acceptors (Lipinski definition) is 4. The molecule has 1 heterocycles. The van der Waals surface area contributed by atoms with Gasteiger partial charge in [0.05, 0.1) is 12.5 Å². The average molecular weight is 551 g/mol. The largest absolute Gasteiger partial charge is 0.461 e. The van der Waals surface area contributed by atoms with E-state index in [0.717, 1.165) is 54.8 Å². The van der Waals surface area contributed by atoms with Crippen molar-refractivity contribution < 1.29 is 14.3 Å². The molecule has 5 nitrogen and oxygen atoms in total. The van der Waals surface area contributed by atoms with Crippen LogP contribution in [0.2, 0.25) is 0 Å². The van der Waals surface area contributed by atoms with E-state index >= 15 is 0 Å². The second kappa shape index (κ2) is 11.8. The minimum Gasteiger partial charge on any atom is -0.461 e. The van der Waals surface area contributed by atoms with Crippen LogP contribution in [-0.2, 0) is 14.3 Å². The molecule has 0 aromatic carbocycles. The fraction of sp³-hybridized carbons (Fsp3) is 0.857. The number of fused-ring (bicyclic) bond motifs is 5. The van der Waals surface area contributed by atoms with Crippen molar-refractivity contribution in [3.8, 4) is 6.07 Å². The number of likely N-dealkylation sites (tertiary alicyclic amines) is 1. The molecule has 0 aromatic rings. The molecule has 1 aliphatic heterocycles. The Balaban J connectivity index is 1.22. The molecule has 9 atom stereocenters. The number of rotatable bonds is 9. The first kappa shape index (κ1) is 29.7. The van der Waals surface area contributed by atoms with E-state index in [2.05, 4.69) is 46.8 Å². The minimum absolute atomic E-state index is 0.0298. The van der Waals surface area contributed by atoms with Crippen LogP contribution in [0.1, 0.15) is 125 Å². The lowest BCUT2D eigenvalue weighted by Crippen LogP contribution is -2.51. The van der Waals surface area contributed by atoms with Crippen LogP contribution in [0.3, 0.4) is 0 Å². The highest BCUT2D eigenvalue weighted by molar-refractivity contribution is 5.88. The molecule has 222 valence electrons. The zero-order chi connectivity index (χ0) is 28.7. The molecule has 40 heavy (non-hydrogen) atoms. The Morgan fingerprint density at radius 2 is 1.90 bits per heavy atom. The van der Waals surface area contributed by atoms with Crippen molar-refractivity contribution in [2.75, 3.05) is 6.54 Å². The number of allylic oxidation sites excluding steroid dienone is 1. The number of ether oxygens (including phenoxy) is 1. The monoisotopic (exact) mass is 550 g/mol. The van der Waals surface area contributed by atoms with Gasteiger partial charge in [0.2, 0.25) is 5.91 Å². The summed E-state index contributed by atoms with van der Waals surface area (Å²) in [6.07, 6.45) is 17.4. The van der Waals surface area contributed by atoms with Gasteiger partial charge in [0.1, 0.15) is 12.1 Å². The van der Waals surface area contributed by atoms with E-state index in [1.807, 2.05) is 0 Å². The lowest BCUT2D eigenvalue weighted by atomic mass is 9.47. The van der Waals surface area contributed by atoms with E-state index < -0.39 is 6.04 Å². The van der Waals surface area contributed by atoms with E-state index in [0.29, 0.717) is 24.8 Å². The van der Waals surface area contributed by atoms with Gasteiger partial charge in [0, 0.05) is 19.4 Å². The Bertz CT molecular complexity index is 1030. The van der Waals surface area contributed by atoms with Crippen LogP contribution < -0.4 is 0 Å². The fourth-order valence-corrected chi connectivity index (χ4v) is 10.4. The first-order chi connectivity index (χ1) is 19.1. The molecule has 4 fully saturated rings. The highest BCUT2D eigenvalue weighted by Crippen LogP contribution is 2.67. The molecule has 0 bridgehead atoms. The molecular formula is C35H54N2O3. The number of hydrogen-bond donors (Lipinski definition) is 0. The Hall–Kier alpha value is -1.83. The minimum atomic E-state index is -0.516. The van der Waals surface area contributed by atoms with Crippen molar-refractivity contribution in [3.05, 3.63) is 11.6 Å². The zero-order valence-electron chi connectivity index (χ0n) is 25.9. The van der Waals surface area contributed by atoms with E-state index in [1.165, 1.54) is 56.9 Å². The van der Waals surface area contributed by atoms with Gasteiger partial charge < -0.3 is 9.64 Å². The fourth-order valence-electron chi connectivity index (χ4n) is 10.4. The van der Waals surface area contributed by atoms with Crippen LogP contribution in [-0.4, -0.2) is 35.5 Å². The third-order valence-corrected chi connectivity index (χ3v) is 12.6. The van der Waals surface area contributed by atoms with Crippen molar-refractivity contribution in [2.24, 2.45) is 46.3 Å². The summed E-state index contributed by atoms with van der Waals surface area (Å²) >= 11 is 0. The smallest absolute Gasteiger partial charge is 0.329 e. The number of amides is 1. The summed E-state index contributed by atoms with van der Waals surface area (Å²) in [5, 5.41) is 8.95. The van der Waals surface area contributed by atoms with Gasteiger partial charge in [-0.15, -0.1) is 0 Å². The molecule has 5 heteroatoms. The Morgan fingerprint density at radius 1 is 1.10 bits per heavy atom. The van der Waals surface area contributed by atoms with E-state index in [1.54, 1.807) is 4.90 Å². The van der Waals surface area contributed by atoms with Crippen LogP contribution in [0.4, 0.5) is 0 Å². The van der Waals surface area contributed by atoms with Gasteiger partial charge in [0.25, 0.3) is 0 Å². The van der Waals surface area contributed by atoms with Gasteiger partial charge in [-0.3, -0.25) is 4.79 Å². The molecule has 0 spiro atoms. The lowest BCUT2D eigenvalue weighted by Gasteiger charge is -2.58. The average Bonchev–Trinajstić information content (AvgIpc) is 3.46. The van der Waals surface area contributed by atoms with Crippen LogP contribution in [0.5, 0.6) is 0 Å². The molecule has 0 aromatic heterocycles. The van der Waals surface area contributed by atoms with E-state index in [4.69, 9.17) is 10.00 Å². The summed E-state index contributed by atoms with van der Waals surface area (Å²) in [6, 6.07) is 1.58. The van der Waals surface area contributed by atoms with Crippen molar-refractivity contribution in [1.82, 2.24) is 4.90 Å². The molecule has 4 aliphatic carbocycles. The van der Waals surface area contributed by atoms with Crippen LogP contribution in [0.25, 0.3) is 0 Å². The van der Waals surface area contributed by atoms with Crippen LogP contribution in [0.15, 0.2) is 11.6 Å². The molecule has 0 N–H and O–H groups in total. The second-order valence-electron chi connectivity index (χ2n) is 15.1. The maximum absolute atomic E-state index is 13.1. The van der Waals surface area contributed by atoms with E-state index in [9.17, 15) is 9.59 Å². The topological polar surface area (TPSA) is 70.4 Å². The van der Waals surface area contributed by atoms with E-state index in [-0.39, 0.29) is 29.8 Å². The van der Waals surface area contributed by atoms with Crippen molar-refractivity contribution in [3.63, 3.8) is 0 Å². The maximum atomic E-state index is 13.1. The van der Waals surface area contributed by atoms with Crippen LogP contribution in [0, 0.1) is 57.7 Å². The van der Waals surface area contributed by atoms with Gasteiger partial charge in [-0.2, -0.15) is 5.26 Å². The van der Waals surface area contributed by atoms with Crippen molar-refractivity contribution >= 4 is 11.9 Å². The second-order valence-corrected chi connectivity index (χ2v) is 15.1.